The number of hydrogen-bond donors (Lipinski definition) is 2. The molecule has 0 radical (unpaired) electrons. The number of aromatic amines is 1. The monoisotopic (exact) mass is 454 g/mol. The highest BCUT2D eigenvalue weighted by Gasteiger charge is 2.25. The molecule has 1 fully saturated rings. The Morgan fingerprint density at radius 2 is 2.00 bits per heavy atom. The molecule has 1 aliphatic rings. The molecule has 0 amide bonds. The summed E-state index contributed by atoms with van der Waals surface area (Å²) in [6, 6.07) is 16.4. The molecular formula is C25H26N8O. The molecule has 1 atom stereocenters. The quantitative estimate of drug-likeness (QED) is 0.420. The second-order valence-electron chi connectivity index (χ2n) is 8.97. The van der Waals surface area contributed by atoms with Gasteiger partial charge in [0, 0.05) is 42.6 Å². The molecule has 9 heteroatoms. The van der Waals surface area contributed by atoms with Crippen LogP contribution in [-0.4, -0.2) is 60.0 Å². The normalized spacial score (nSPS) is 16.5. The summed E-state index contributed by atoms with van der Waals surface area (Å²) in [6.07, 6.45) is 2.72. The third kappa shape index (κ3) is 3.77. The molecule has 5 aromatic rings. The number of anilines is 1. The van der Waals surface area contributed by atoms with Crippen molar-refractivity contribution in [2.45, 2.75) is 19.3 Å². The average Bonchev–Trinajstić information content (AvgIpc) is 3.47. The van der Waals surface area contributed by atoms with E-state index in [9.17, 15) is 5.11 Å². The summed E-state index contributed by atoms with van der Waals surface area (Å²) >= 11 is 0. The third-order valence-electron chi connectivity index (χ3n) is 6.53. The summed E-state index contributed by atoms with van der Waals surface area (Å²) < 4.78 is 0. The number of aliphatic hydroxyl groups excluding tert-OH is 1. The predicted octanol–water partition coefficient (Wildman–Crippen LogP) is 3.10. The van der Waals surface area contributed by atoms with Crippen molar-refractivity contribution in [2.75, 3.05) is 24.6 Å². The van der Waals surface area contributed by atoms with E-state index in [1.165, 1.54) is 10.4 Å². The first-order valence-electron chi connectivity index (χ1n) is 11.6. The lowest BCUT2D eigenvalue weighted by molar-refractivity contribution is 0.208. The number of tetrazole rings is 1. The van der Waals surface area contributed by atoms with Crippen molar-refractivity contribution >= 4 is 27.8 Å². The average molecular weight is 455 g/mol. The van der Waals surface area contributed by atoms with Gasteiger partial charge in [0.15, 0.2) is 0 Å². The SMILES string of the molecule is Cn1nnc(-c2ccc3[nH]c4nc(Cc5ccccc5)nc(N5CCCC(CO)C5)c4c3c2)n1. The summed E-state index contributed by atoms with van der Waals surface area (Å²) in [4.78, 5) is 17.3. The number of rotatable bonds is 5. The number of hydrogen-bond acceptors (Lipinski definition) is 7. The van der Waals surface area contributed by atoms with Crippen LogP contribution in [-0.2, 0) is 13.5 Å². The minimum absolute atomic E-state index is 0.192. The maximum absolute atomic E-state index is 9.83. The highest BCUT2D eigenvalue weighted by molar-refractivity contribution is 6.12. The minimum Gasteiger partial charge on any atom is -0.396 e. The van der Waals surface area contributed by atoms with Crippen molar-refractivity contribution in [3.63, 3.8) is 0 Å². The van der Waals surface area contributed by atoms with Crippen molar-refractivity contribution in [3.05, 3.63) is 59.9 Å². The molecule has 0 aliphatic carbocycles. The van der Waals surface area contributed by atoms with E-state index >= 15 is 0 Å². The highest BCUT2D eigenvalue weighted by atomic mass is 16.3. The van der Waals surface area contributed by atoms with Crippen LogP contribution in [0.3, 0.4) is 0 Å². The number of piperidine rings is 1. The molecule has 2 N–H and O–H groups in total. The molecule has 1 aliphatic heterocycles. The lowest BCUT2D eigenvalue weighted by Crippen LogP contribution is -2.37. The first-order valence-corrected chi connectivity index (χ1v) is 11.6. The third-order valence-corrected chi connectivity index (χ3v) is 6.53. The van der Waals surface area contributed by atoms with Crippen molar-refractivity contribution in [3.8, 4) is 11.4 Å². The van der Waals surface area contributed by atoms with E-state index in [1.54, 1.807) is 7.05 Å². The Labute approximate surface area is 196 Å². The van der Waals surface area contributed by atoms with E-state index in [-0.39, 0.29) is 12.5 Å². The van der Waals surface area contributed by atoms with Crippen LogP contribution in [0, 0.1) is 5.92 Å². The molecule has 1 unspecified atom stereocenters. The Morgan fingerprint density at radius 3 is 2.79 bits per heavy atom. The topological polar surface area (TPSA) is 109 Å². The predicted molar refractivity (Wildman–Crippen MR) is 130 cm³/mol. The van der Waals surface area contributed by atoms with Crippen molar-refractivity contribution in [1.29, 1.82) is 0 Å². The number of benzene rings is 2. The maximum Gasteiger partial charge on any atom is 0.204 e. The van der Waals surface area contributed by atoms with E-state index in [1.807, 2.05) is 30.3 Å². The zero-order chi connectivity index (χ0) is 23.1. The Balaban J connectivity index is 1.52. The van der Waals surface area contributed by atoms with Crippen LogP contribution in [0.1, 0.15) is 24.2 Å². The van der Waals surface area contributed by atoms with Crippen molar-refractivity contribution in [1.82, 2.24) is 35.2 Å². The van der Waals surface area contributed by atoms with Crippen LogP contribution in [0.25, 0.3) is 33.3 Å². The van der Waals surface area contributed by atoms with Gasteiger partial charge in [-0.05, 0) is 47.7 Å². The molecule has 1 saturated heterocycles. The molecule has 172 valence electrons. The molecule has 4 heterocycles. The van der Waals surface area contributed by atoms with Crippen molar-refractivity contribution < 1.29 is 5.11 Å². The summed E-state index contributed by atoms with van der Waals surface area (Å²) in [5, 5.41) is 24.4. The second kappa shape index (κ2) is 8.49. The summed E-state index contributed by atoms with van der Waals surface area (Å²) in [6.45, 7) is 1.88. The Bertz CT molecular complexity index is 1460. The fraction of sp³-hybridized carbons (Fsp3) is 0.320. The number of nitrogens with zero attached hydrogens (tertiary/aromatic N) is 7. The van der Waals surface area contributed by atoms with Crippen LogP contribution in [0.4, 0.5) is 5.82 Å². The van der Waals surface area contributed by atoms with Crippen LogP contribution < -0.4 is 4.90 Å². The lowest BCUT2D eigenvalue weighted by Gasteiger charge is -2.33. The van der Waals surface area contributed by atoms with Crippen molar-refractivity contribution in [2.24, 2.45) is 13.0 Å². The van der Waals surface area contributed by atoms with Gasteiger partial charge in [-0.25, -0.2) is 9.97 Å². The number of nitrogens with one attached hydrogen (secondary N) is 1. The molecule has 3 aromatic heterocycles. The molecule has 2 aromatic carbocycles. The number of aryl methyl sites for hydroxylation is 1. The fourth-order valence-electron chi connectivity index (χ4n) is 4.85. The van der Waals surface area contributed by atoms with Gasteiger partial charge in [0.05, 0.1) is 12.4 Å². The zero-order valence-electron chi connectivity index (χ0n) is 19.0. The Morgan fingerprint density at radius 1 is 1.12 bits per heavy atom. The van der Waals surface area contributed by atoms with Gasteiger partial charge in [-0.1, -0.05) is 30.3 Å². The molecule has 0 spiro atoms. The Hall–Kier alpha value is -3.85. The van der Waals surface area contributed by atoms with E-state index in [0.717, 1.165) is 65.1 Å². The van der Waals surface area contributed by atoms with Crippen LogP contribution in [0.2, 0.25) is 0 Å². The standard InChI is InChI=1S/C25H26N8O/c1-32-30-23(29-31-32)18-9-10-20-19(13-18)22-24(26-20)27-21(12-16-6-3-2-4-7-16)28-25(22)33-11-5-8-17(14-33)15-34/h2-4,6-7,9-10,13,17,34H,5,8,11-12,14-15H2,1H3,(H,26,27,28). The lowest BCUT2D eigenvalue weighted by atomic mass is 9.98. The summed E-state index contributed by atoms with van der Waals surface area (Å²) in [5.41, 5.74) is 3.88. The first kappa shape index (κ1) is 20.7. The fourth-order valence-corrected chi connectivity index (χ4v) is 4.85. The molecule has 9 nitrogen and oxygen atoms in total. The largest absolute Gasteiger partial charge is 0.396 e. The van der Waals surface area contributed by atoms with Crippen LogP contribution >= 0.6 is 0 Å². The molecule has 34 heavy (non-hydrogen) atoms. The van der Waals surface area contributed by atoms with Gasteiger partial charge in [0.25, 0.3) is 0 Å². The summed E-state index contributed by atoms with van der Waals surface area (Å²) in [7, 11) is 1.76. The smallest absolute Gasteiger partial charge is 0.204 e. The number of aromatic nitrogens is 7. The molecule has 6 rings (SSSR count). The van der Waals surface area contributed by atoms with E-state index < -0.39 is 0 Å². The van der Waals surface area contributed by atoms with Gasteiger partial charge in [0.2, 0.25) is 5.82 Å². The number of aliphatic hydroxyl groups is 1. The van der Waals surface area contributed by atoms with E-state index in [0.29, 0.717) is 12.2 Å². The molecule has 0 saturated carbocycles. The highest BCUT2D eigenvalue weighted by Crippen LogP contribution is 2.35. The second-order valence-corrected chi connectivity index (χ2v) is 8.97. The van der Waals surface area contributed by atoms with Gasteiger partial charge < -0.3 is 15.0 Å². The van der Waals surface area contributed by atoms with Crippen LogP contribution in [0.5, 0.6) is 0 Å². The molecule has 0 bridgehead atoms. The van der Waals surface area contributed by atoms with Crippen LogP contribution in [0.15, 0.2) is 48.5 Å². The maximum atomic E-state index is 9.83. The first-order chi connectivity index (χ1) is 16.7. The minimum atomic E-state index is 0.192. The van der Waals surface area contributed by atoms with Gasteiger partial charge in [-0.2, -0.15) is 4.80 Å². The van der Waals surface area contributed by atoms with Gasteiger partial charge in [0.1, 0.15) is 17.3 Å². The number of fused-ring (bicyclic) bond motifs is 3. The number of H-pyrrole nitrogens is 1. The Kier molecular flexibility index (Phi) is 5.18. The molecular weight excluding hydrogens is 428 g/mol. The zero-order valence-corrected chi connectivity index (χ0v) is 19.0. The van der Waals surface area contributed by atoms with E-state index in [2.05, 4.69) is 43.5 Å². The van der Waals surface area contributed by atoms with Gasteiger partial charge in [-0.15, -0.1) is 10.2 Å². The van der Waals surface area contributed by atoms with Gasteiger partial charge in [-0.3, -0.25) is 0 Å². The van der Waals surface area contributed by atoms with Gasteiger partial charge >= 0.3 is 0 Å². The van der Waals surface area contributed by atoms with E-state index in [4.69, 9.17) is 9.97 Å². The summed E-state index contributed by atoms with van der Waals surface area (Å²) in [5.74, 6) is 2.54.